The van der Waals surface area contributed by atoms with Crippen molar-refractivity contribution in [1.29, 1.82) is 0 Å². The van der Waals surface area contributed by atoms with Crippen molar-refractivity contribution in [2.24, 2.45) is 5.92 Å². The van der Waals surface area contributed by atoms with Gasteiger partial charge in [0.2, 0.25) is 5.91 Å². The second kappa shape index (κ2) is 13.1. The summed E-state index contributed by atoms with van der Waals surface area (Å²) in [7, 11) is 1.59. The maximum Gasteiger partial charge on any atom is 0.269 e. The zero-order valence-electron chi connectivity index (χ0n) is 18.8. The molecule has 0 unspecified atom stereocenters. The molecule has 176 valence electrons. The molecule has 0 aromatic heterocycles. The Hall–Kier alpha value is -3.50. The molecule has 0 spiro atoms. The van der Waals surface area contributed by atoms with Crippen LogP contribution in [0.2, 0.25) is 0 Å². The molecule has 0 heterocycles. The van der Waals surface area contributed by atoms with Crippen molar-refractivity contribution in [2.45, 2.75) is 20.3 Å². The Balaban J connectivity index is 1.78. The normalized spacial score (nSPS) is 10.3. The van der Waals surface area contributed by atoms with Crippen molar-refractivity contribution in [1.82, 2.24) is 16.2 Å². The van der Waals surface area contributed by atoms with Gasteiger partial charge in [0.05, 0.1) is 6.61 Å². The number of benzene rings is 2. The fourth-order valence-electron chi connectivity index (χ4n) is 2.63. The summed E-state index contributed by atoms with van der Waals surface area (Å²) in [5.74, 6) is -0.110. The van der Waals surface area contributed by atoms with Crippen LogP contribution in [0.25, 0.3) is 0 Å². The molecule has 0 fully saturated rings. The Kier molecular flexibility index (Phi) is 10.3. The molecule has 0 aliphatic carbocycles. The Morgan fingerprint density at radius 2 is 1.48 bits per heavy atom. The lowest BCUT2D eigenvalue weighted by atomic mass is 10.1. The molecule has 2 aromatic rings. The van der Waals surface area contributed by atoms with E-state index in [1.165, 1.54) is 0 Å². The van der Waals surface area contributed by atoms with Crippen molar-refractivity contribution in [3.8, 4) is 5.75 Å². The molecule has 2 rings (SSSR count). The standard InChI is InChI=1S/C23H28N4O5S/c1-15(2)14-20(28)24-18-8-4-17(5-9-18)22(30)26-27-23(33)25-21(29)16-6-10-19(11-7-16)32-13-12-31-3/h4-11,15H,12-14H2,1-3H3,(H,24,28)(H,26,30)(H2,25,27,29,33). The van der Waals surface area contributed by atoms with Gasteiger partial charge < -0.3 is 14.8 Å². The van der Waals surface area contributed by atoms with Crippen molar-refractivity contribution >= 4 is 40.7 Å². The predicted molar refractivity (Wildman–Crippen MR) is 129 cm³/mol. The average molecular weight is 473 g/mol. The van der Waals surface area contributed by atoms with Crippen LogP contribution in [0, 0.1) is 5.92 Å². The van der Waals surface area contributed by atoms with Gasteiger partial charge in [0.15, 0.2) is 5.11 Å². The van der Waals surface area contributed by atoms with Crippen LogP contribution >= 0.6 is 12.2 Å². The lowest BCUT2D eigenvalue weighted by Gasteiger charge is -2.12. The number of anilines is 1. The van der Waals surface area contributed by atoms with Crippen molar-refractivity contribution in [3.63, 3.8) is 0 Å². The zero-order valence-corrected chi connectivity index (χ0v) is 19.6. The van der Waals surface area contributed by atoms with Crippen LogP contribution in [0.5, 0.6) is 5.75 Å². The third kappa shape index (κ3) is 9.26. The third-order valence-electron chi connectivity index (χ3n) is 4.21. The molecule has 3 amide bonds. The van der Waals surface area contributed by atoms with Gasteiger partial charge in [-0.3, -0.25) is 30.6 Å². The number of hydrogen-bond acceptors (Lipinski definition) is 6. The number of carbonyl (C=O) groups is 3. The number of amides is 3. The van der Waals surface area contributed by atoms with Gasteiger partial charge in [-0.25, -0.2) is 0 Å². The number of hydrazine groups is 1. The van der Waals surface area contributed by atoms with Crippen LogP contribution in [0.1, 0.15) is 41.0 Å². The number of rotatable bonds is 9. The first-order chi connectivity index (χ1) is 15.8. The van der Waals surface area contributed by atoms with Gasteiger partial charge in [-0.05, 0) is 66.7 Å². The Labute approximate surface area is 198 Å². The highest BCUT2D eigenvalue weighted by atomic mass is 32.1. The van der Waals surface area contributed by atoms with Gasteiger partial charge in [-0.15, -0.1) is 0 Å². The lowest BCUT2D eigenvalue weighted by molar-refractivity contribution is -0.116. The fourth-order valence-corrected chi connectivity index (χ4v) is 2.77. The summed E-state index contributed by atoms with van der Waals surface area (Å²) in [6, 6.07) is 12.9. The number of hydrogen-bond donors (Lipinski definition) is 4. The van der Waals surface area contributed by atoms with E-state index in [2.05, 4.69) is 21.5 Å². The molecule has 4 N–H and O–H groups in total. The van der Waals surface area contributed by atoms with Crippen molar-refractivity contribution in [2.75, 3.05) is 25.6 Å². The molecule has 0 bridgehead atoms. The van der Waals surface area contributed by atoms with Gasteiger partial charge in [0.25, 0.3) is 11.8 Å². The minimum absolute atomic E-state index is 0.0636. The first kappa shape index (κ1) is 25.8. The molecule has 33 heavy (non-hydrogen) atoms. The second-order valence-corrected chi connectivity index (χ2v) is 7.86. The quantitative estimate of drug-likeness (QED) is 0.252. The van der Waals surface area contributed by atoms with E-state index in [4.69, 9.17) is 21.7 Å². The number of nitrogens with one attached hydrogen (secondary N) is 4. The number of thiocarbonyl (C=S) groups is 1. The maximum atomic E-state index is 12.3. The summed E-state index contributed by atoms with van der Waals surface area (Å²) in [6.45, 7) is 4.80. The van der Waals surface area contributed by atoms with Gasteiger partial charge >= 0.3 is 0 Å². The zero-order chi connectivity index (χ0) is 24.2. The number of ether oxygens (including phenoxy) is 2. The third-order valence-corrected chi connectivity index (χ3v) is 4.42. The highest BCUT2D eigenvalue weighted by molar-refractivity contribution is 7.80. The van der Waals surface area contributed by atoms with Crippen LogP contribution < -0.4 is 26.2 Å². The Morgan fingerprint density at radius 3 is 2.09 bits per heavy atom. The van der Waals surface area contributed by atoms with Crippen LogP contribution in [-0.2, 0) is 9.53 Å². The summed E-state index contributed by atoms with van der Waals surface area (Å²) >= 11 is 5.05. The smallest absolute Gasteiger partial charge is 0.269 e. The molecule has 0 aliphatic heterocycles. The molecule has 0 aliphatic rings. The monoisotopic (exact) mass is 472 g/mol. The van der Waals surface area contributed by atoms with E-state index >= 15 is 0 Å². The van der Waals surface area contributed by atoms with E-state index in [0.29, 0.717) is 42.2 Å². The number of methoxy groups -OCH3 is 1. The SMILES string of the molecule is COCCOc1ccc(C(=O)NC(=S)NNC(=O)c2ccc(NC(=O)CC(C)C)cc2)cc1. The van der Waals surface area contributed by atoms with E-state index < -0.39 is 11.8 Å². The average Bonchev–Trinajstić information content (AvgIpc) is 2.78. The highest BCUT2D eigenvalue weighted by Crippen LogP contribution is 2.13. The van der Waals surface area contributed by atoms with Crippen LogP contribution in [-0.4, -0.2) is 43.2 Å². The number of carbonyl (C=O) groups excluding carboxylic acids is 3. The molecule has 2 aromatic carbocycles. The lowest BCUT2D eigenvalue weighted by Crippen LogP contribution is -2.48. The molecule has 0 atom stereocenters. The fraction of sp³-hybridized carbons (Fsp3) is 0.304. The Morgan fingerprint density at radius 1 is 0.879 bits per heavy atom. The minimum atomic E-state index is -0.454. The minimum Gasteiger partial charge on any atom is -0.491 e. The first-order valence-corrected chi connectivity index (χ1v) is 10.7. The predicted octanol–water partition coefficient (Wildman–Crippen LogP) is 2.65. The molecule has 9 nitrogen and oxygen atoms in total. The van der Waals surface area contributed by atoms with Gasteiger partial charge in [0, 0.05) is 30.3 Å². The summed E-state index contributed by atoms with van der Waals surface area (Å²) in [5, 5.41) is 5.19. The summed E-state index contributed by atoms with van der Waals surface area (Å²) in [4.78, 5) is 36.4. The highest BCUT2D eigenvalue weighted by Gasteiger charge is 2.11. The van der Waals surface area contributed by atoms with Crippen LogP contribution in [0.15, 0.2) is 48.5 Å². The van der Waals surface area contributed by atoms with Crippen LogP contribution in [0.3, 0.4) is 0 Å². The molecular formula is C23H28N4O5S. The van der Waals surface area contributed by atoms with E-state index in [1.54, 1.807) is 55.6 Å². The van der Waals surface area contributed by atoms with E-state index in [1.807, 2.05) is 13.8 Å². The Bertz CT molecular complexity index is 962. The molecule has 0 saturated carbocycles. The van der Waals surface area contributed by atoms with Crippen molar-refractivity contribution in [3.05, 3.63) is 59.7 Å². The first-order valence-electron chi connectivity index (χ1n) is 10.3. The van der Waals surface area contributed by atoms with E-state index in [-0.39, 0.29) is 16.9 Å². The van der Waals surface area contributed by atoms with E-state index in [0.717, 1.165) is 0 Å². The topological polar surface area (TPSA) is 118 Å². The van der Waals surface area contributed by atoms with Gasteiger partial charge in [-0.1, -0.05) is 13.8 Å². The maximum absolute atomic E-state index is 12.3. The van der Waals surface area contributed by atoms with Crippen LogP contribution in [0.4, 0.5) is 5.69 Å². The molecule has 10 heteroatoms. The molecule has 0 saturated heterocycles. The largest absolute Gasteiger partial charge is 0.491 e. The van der Waals surface area contributed by atoms with E-state index in [9.17, 15) is 14.4 Å². The molecule has 0 radical (unpaired) electrons. The second-order valence-electron chi connectivity index (χ2n) is 7.45. The molecular weight excluding hydrogens is 444 g/mol. The summed E-state index contributed by atoms with van der Waals surface area (Å²) < 4.78 is 10.4. The summed E-state index contributed by atoms with van der Waals surface area (Å²) in [6.07, 6.45) is 0.418. The summed E-state index contributed by atoms with van der Waals surface area (Å²) in [5.41, 5.74) is 6.23. The van der Waals surface area contributed by atoms with Gasteiger partial charge in [0.1, 0.15) is 12.4 Å². The van der Waals surface area contributed by atoms with Crippen molar-refractivity contribution < 1.29 is 23.9 Å². The van der Waals surface area contributed by atoms with Gasteiger partial charge in [-0.2, -0.15) is 0 Å².